The van der Waals surface area contributed by atoms with Crippen molar-refractivity contribution in [3.05, 3.63) is 35.4 Å². The number of hydrogen-bond donors (Lipinski definition) is 1. The molecule has 1 atom stereocenters. The Morgan fingerprint density at radius 1 is 1.26 bits per heavy atom. The Morgan fingerprint density at radius 2 is 1.95 bits per heavy atom. The molecular formula is C17H28N2. The molecule has 106 valence electrons. The van der Waals surface area contributed by atoms with E-state index in [2.05, 4.69) is 55.5 Å². The van der Waals surface area contributed by atoms with E-state index >= 15 is 0 Å². The van der Waals surface area contributed by atoms with Crippen LogP contribution in [-0.4, -0.2) is 31.6 Å². The van der Waals surface area contributed by atoms with Gasteiger partial charge in [-0.05, 0) is 44.5 Å². The Morgan fingerprint density at radius 3 is 2.42 bits per heavy atom. The molecule has 0 radical (unpaired) electrons. The van der Waals surface area contributed by atoms with Crippen molar-refractivity contribution in [2.45, 2.75) is 51.1 Å². The summed E-state index contributed by atoms with van der Waals surface area (Å²) in [6.45, 7) is 3.34. The van der Waals surface area contributed by atoms with Crippen LogP contribution >= 0.6 is 0 Å². The van der Waals surface area contributed by atoms with E-state index in [4.69, 9.17) is 0 Å². The van der Waals surface area contributed by atoms with Gasteiger partial charge in [0.05, 0.1) is 0 Å². The number of aryl methyl sites for hydroxylation is 1. The molecule has 1 aromatic rings. The lowest BCUT2D eigenvalue weighted by Gasteiger charge is -2.36. The molecule has 0 spiro atoms. The molecule has 0 saturated heterocycles. The fraction of sp³-hybridized carbons (Fsp3) is 0.647. The Kier molecular flexibility index (Phi) is 5.41. The molecule has 0 aliphatic heterocycles. The molecule has 1 aliphatic rings. The zero-order valence-electron chi connectivity index (χ0n) is 12.7. The molecule has 1 fully saturated rings. The summed E-state index contributed by atoms with van der Waals surface area (Å²) < 4.78 is 0. The predicted molar refractivity (Wildman–Crippen MR) is 82.5 cm³/mol. The van der Waals surface area contributed by atoms with Crippen molar-refractivity contribution in [2.75, 3.05) is 20.6 Å². The average molecular weight is 260 g/mol. The second kappa shape index (κ2) is 7.06. The van der Waals surface area contributed by atoms with Crippen molar-refractivity contribution >= 4 is 0 Å². The Hall–Kier alpha value is -0.860. The molecule has 0 bridgehead atoms. The Labute approximate surface area is 118 Å². The van der Waals surface area contributed by atoms with Gasteiger partial charge in [0.1, 0.15) is 0 Å². The molecule has 2 nitrogen and oxygen atoms in total. The minimum atomic E-state index is 0.446. The quantitative estimate of drug-likeness (QED) is 0.808. The van der Waals surface area contributed by atoms with E-state index in [9.17, 15) is 0 Å². The van der Waals surface area contributed by atoms with E-state index < -0.39 is 0 Å². The number of rotatable bonds is 7. The van der Waals surface area contributed by atoms with Crippen LogP contribution in [0.15, 0.2) is 24.3 Å². The summed E-state index contributed by atoms with van der Waals surface area (Å²) in [5.41, 5.74) is 2.86. The van der Waals surface area contributed by atoms with Crippen molar-refractivity contribution in [1.82, 2.24) is 10.2 Å². The fourth-order valence-electron chi connectivity index (χ4n) is 2.83. The summed E-state index contributed by atoms with van der Waals surface area (Å²) in [5, 5.41) is 3.46. The lowest BCUT2D eigenvalue weighted by molar-refractivity contribution is 0.147. The zero-order valence-corrected chi connectivity index (χ0v) is 12.7. The van der Waals surface area contributed by atoms with E-state index in [-0.39, 0.29) is 0 Å². The smallest absolute Gasteiger partial charge is 0.0446 e. The second-order valence-electron chi connectivity index (χ2n) is 5.86. The third-order valence-corrected chi connectivity index (χ3v) is 4.44. The van der Waals surface area contributed by atoms with E-state index in [1.54, 1.807) is 0 Å². The largest absolute Gasteiger partial charge is 0.312 e. The number of hydrogen-bond acceptors (Lipinski definition) is 2. The van der Waals surface area contributed by atoms with Crippen LogP contribution in [-0.2, 0) is 6.42 Å². The molecule has 1 aliphatic carbocycles. The summed E-state index contributed by atoms with van der Waals surface area (Å²) in [6, 6.07) is 10.4. The number of nitrogens with zero attached hydrogens (tertiary/aromatic N) is 1. The summed E-state index contributed by atoms with van der Waals surface area (Å²) in [6.07, 6.45) is 6.57. The van der Waals surface area contributed by atoms with E-state index in [1.807, 2.05) is 0 Å². The maximum Gasteiger partial charge on any atom is 0.0446 e. The molecule has 19 heavy (non-hydrogen) atoms. The first-order chi connectivity index (χ1) is 9.24. The standard InChI is InChI=1S/C17H28N2/c1-4-6-14-9-11-15(12-10-14)17(18-2)13-19(3)16-7-5-8-16/h9-12,16-18H,4-8,13H2,1-3H3. The van der Waals surface area contributed by atoms with Crippen molar-refractivity contribution in [1.29, 1.82) is 0 Å². The number of likely N-dealkylation sites (N-methyl/N-ethyl adjacent to an activating group) is 2. The molecule has 2 heteroatoms. The van der Waals surface area contributed by atoms with Gasteiger partial charge in [-0.1, -0.05) is 44.0 Å². The topological polar surface area (TPSA) is 15.3 Å². The highest BCUT2D eigenvalue weighted by Gasteiger charge is 2.24. The molecule has 2 rings (SSSR count). The van der Waals surface area contributed by atoms with E-state index in [0.29, 0.717) is 6.04 Å². The Bertz CT molecular complexity index is 367. The highest BCUT2D eigenvalue weighted by atomic mass is 15.2. The minimum Gasteiger partial charge on any atom is -0.312 e. The molecule has 1 unspecified atom stereocenters. The van der Waals surface area contributed by atoms with Gasteiger partial charge in [-0.25, -0.2) is 0 Å². The molecule has 1 aromatic carbocycles. The summed E-state index contributed by atoms with van der Waals surface area (Å²) in [5.74, 6) is 0. The lowest BCUT2D eigenvalue weighted by atomic mass is 9.91. The van der Waals surface area contributed by atoms with Crippen LogP contribution in [0.2, 0.25) is 0 Å². The van der Waals surface area contributed by atoms with Crippen LogP contribution in [0.3, 0.4) is 0 Å². The normalized spacial score (nSPS) is 17.5. The van der Waals surface area contributed by atoms with Gasteiger partial charge in [-0.2, -0.15) is 0 Å². The third-order valence-electron chi connectivity index (χ3n) is 4.44. The average Bonchev–Trinajstić information content (AvgIpc) is 2.35. The molecule has 1 N–H and O–H groups in total. The van der Waals surface area contributed by atoms with E-state index in [0.717, 1.165) is 12.6 Å². The van der Waals surface area contributed by atoms with Gasteiger partial charge in [-0.15, -0.1) is 0 Å². The minimum absolute atomic E-state index is 0.446. The molecule has 0 aromatic heterocycles. The monoisotopic (exact) mass is 260 g/mol. The van der Waals surface area contributed by atoms with Gasteiger partial charge < -0.3 is 10.2 Å². The van der Waals surface area contributed by atoms with Crippen LogP contribution in [0.4, 0.5) is 0 Å². The van der Waals surface area contributed by atoms with Crippen LogP contribution in [0.25, 0.3) is 0 Å². The van der Waals surface area contributed by atoms with Gasteiger partial charge in [-0.3, -0.25) is 0 Å². The maximum atomic E-state index is 3.46. The highest BCUT2D eigenvalue weighted by Crippen LogP contribution is 2.25. The number of nitrogens with one attached hydrogen (secondary N) is 1. The van der Waals surface area contributed by atoms with Crippen LogP contribution in [0.5, 0.6) is 0 Å². The molecule has 0 heterocycles. The van der Waals surface area contributed by atoms with Crippen molar-refractivity contribution in [3.8, 4) is 0 Å². The van der Waals surface area contributed by atoms with Crippen molar-refractivity contribution in [3.63, 3.8) is 0 Å². The van der Waals surface area contributed by atoms with Gasteiger partial charge in [0, 0.05) is 18.6 Å². The molecule has 1 saturated carbocycles. The first kappa shape index (κ1) is 14.5. The summed E-state index contributed by atoms with van der Waals surface area (Å²) in [7, 11) is 4.33. The Balaban J connectivity index is 1.95. The first-order valence-electron chi connectivity index (χ1n) is 7.71. The predicted octanol–water partition coefficient (Wildman–Crippen LogP) is 3.38. The van der Waals surface area contributed by atoms with Crippen molar-refractivity contribution in [2.24, 2.45) is 0 Å². The van der Waals surface area contributed by atoms with Gasteiger partial charge in [0.2, 0.25) is 0 Å². The zero-order chi connectivity index (χ0) is 13.7. The van der Waals surface area contributed by atoms with Crippen molar-refractivity contribution < 1.29 is 0 Å². The molecular weight excluding hydrogens is 232 g/mol. The maximum absolute atomic E-state index is 3.46. The van der Waals surface area contributed by atoms with Gasteiger partial charge in [0.25, 0.3) is 0 Å². The van der Waals surface area contributed by atoms with Gasteiger partial charge >= 0.3 is 0 Å². The summed E-state index contributed by atoms with van der Waals surface area (Å²) >= 11 is 0. The van der Waals surface area contributed by atoms with Crippen LogP contribution in [0, 0.1) is 0 Å². The number of benzene rings is 1. The summed E-state index contributed by atoms with van der Waals surface area (Å²) in [4.78, 5) is 2.52. The fourth-order valence-corrected chi connectivity index (χ4v) is 2.83. The first-order valence-corrected chi connectivity index (χ1v) is 7.71. The lowest BCUT2D eigenvalue weighted by Crippen LogP contribution is -2.41. The highest BCUT2D eigenvalue weighted by molar-refractivity contribution is 5.25. The third kappa shape index (κ3) is 3.80. The van der Waals surface area contributed by atoms with Crippen LogP contribution < -0.4 is 5.32 Å². The van der Waals surface area contributed by atoms with Gasteiger partial charge in [0.15, 0.2) is 0 Å². The van der Waals surface area contributed by atoms with E-state index in [1.165, 1.54) is 43.2 Å². The second-order valence-corrected chi connectivity index (χ2v) is 5.86. The molecule has 0 amide bonds. The van der Waals surface area contributed by atoms with Crippen LogP contribution in [0.1, 0.15) is 49.8 Å². The SMILES string of the molecule is CCCc1ccc(C(CN(C)C2CCC2)NC)cc1.